The number of hydrogen-bond donors (Lipinski definition) is 1. The highest BCUT2D eigenvalue weighted by Crippen LogP contribution is 2.25. The van der Waals surface area contributed by atoms with E-state index in [1.807, 2.05) is 11.8 Å². The first-order valence-corrected chi connectivity index (χ1v) is 9.33. The summed E-state index contributed by atoms with van der Waals surface area (Å²) in [6.45, 7) is 9.09. The van der Waals surface area contributed by atoms with E-state index < -0.39 is 5.54 Å². The van der Waals surface area contributed by atoms with Gasteiger partial charge in [0.15, 0.2) is 0 Å². The molecule has 4 nitrogen and oxygen atoms in total. The second-order valence-corrected chi connectivity index (χ2v) is 7.62. The molecule has 2 aliphatic rings. The first-order valence-electron chi connectivity index (χ1n) is 9.33. The number of nitrogens with zero attached hydrogens (tertiary/aromatic N) is 2. The van der Waals surface area contributed by atoms with Gasteiger partial charge in [-0.05, 0) is 45.1 Å². The van der Waals surface area contributed by atoms with E-state index in [1.165, 1.54) is 38.6 Å². The molecule has 0 spiro atoms. The largest absolute Gasteiger partial charge is 0.340 e. The Morgan fingerprint density at radius 2 is 1.82 bits per heavy atom. The molecular formula is C18H35N3O. The fourth-order valence-electron chi connectivity index (χ4n) is 4.08. The van der Waals surface area contributed by atoms with E-state index in [0.29, 0.717) is 0 Å². The molecule has 22 heavy (non-hydrogen) atoms. The third kappa shape index (κ3) is 4.95. The number of hydrogen-bond acceptors (Lipinski definition) is 3. The molecule has 1 amide bonds. The predicted molar refractivity (Wildman–Crippen MR) is 91.7 cm³/mol. The molecule has 128 valence electrons. The topological polar surface area (TPSA) is 49.6 Å². The molecule has 0 aromatic heterocycles. The van der Waals surface area contributed by atoms with Crippen molar-refractivity contribution < 1.29 is 4.79 Å². The van der Waals surface area contributed by atoms with Gasteiger partial charge in [0.2, 0.25) is 5.91 Å². The van der Waals surface area contributed by atoms with Gasteiger partial charge in [0, 0.05) is 26.2 Å². The average molecular weight is 309 g/mol. The summed E-state index contributed by atoms with van der Waals surface area (Å²) in [4.78, 5) is 17.2. The Morgan fingerprint density at radius 1 is 1.09 bits per heavy atom. The third-order valence-corrected chi connectivity index (χ3v) is 5.37. The summed E-state index contributed by atoms with van der Waals surface area (Å²) < 4.78 is 0. The van der Waals surface area contributed by atoms with E-state index in [1.54, 1.807) is 0 Å². The van der Waals surface area contributed by atoms with Gasteiger partial charge in [0.05, 0.1) is 5.54 Å². The van der Waals surface area contributed by atoms with Crippen LogP contribution in [0.2, 0.25) is 0 Å². The standard InChI is InChI=1S/C18H35N3O/c1-3-10-18(2,19)17(22)21-12-7-11-20(13-14-21)15-16-8-5-4-6-9-16/h16H,3-15,19H2,1-2H3. The maximum atomic E-state index is 12.6. The summed E-state index contributed by atoms with van der Waals surface area (Å²) in [7, 11) is 0. The zero-order chi connectivity index (χ0) is 16.0. The van der Waals surface area contributed by atoms with Crippen molar-refractivity contribution in [3.63, 3.8) is 0 Å². The van der Waals surface area contributed by atoms with Gasteiger partial charge in [-0.1, -0.05) is 32.6 Å². The molecule has 2 N–H and O–H groups in total. The molecule has 0 bridgehead atoms. The lowest BCUT2D eigenvalue weighted by molar-refractivity contribution is -0.136. The maximum absolute atomic E-state index is 12.6. The van der Waals surface area contributed by atoms with Crippen molar-refractivity contribution in [1.82, 2.24) is 9.80 Å². The number of carbonyl (C=O) groups is 1. The van der Waals surface area contributed by atoms with Gasteiger partial charge >= 0.3 is 0 Å². The molecule has 1 heterocycles. The highest BCUT2D eigenvalue weighted by molar-refractivity contribution is 5.85. The number of rotatable bonds is 5. The second kappa shape index (κ2) is 8.30. The Hall–Kier alpha value is -0.610. The van der Waals surface area contributed by atoms with Crippen LogP contribution in [-0.4, -0.2) is 54.0 Å². The molecule has 4 heteroatoms. The second-order valence-electron chi connectivity index (χ2n) is 7.62. The number of nitrogens with two attached hydrogens (primary N) is 1. The Morgan fingerprint density at radius 3 is 2.50 bits per heavy atom. The fourth-order valence-corrected chi connectivity index (χ4v) is 4.08. The zero-order valence-electron chi connectivity index (χ0n) is 14.6. The number of carbonyl (C=O) groups excluding carboxylic acids is 1. The van der Waals surface area contributed by atoms with E-state index in [-0.39, 0.29) is 5.91 Å². The van der Waals surface area contributed by atoms with Crippen molar-refractivity contribution in [1.29, 1.82) is 0 Å². The first-order chi connectivity index (χ1) is 10.5. The fraction of sp³-hybridized carbons (Fsp3) is 0.944. The van der Waals surface area contributed by atoms with Crippen LogP contribution in [0.3, 0.4) is 0 Å². The predicted octanol–water partition coefficient (Wildman–Crippen LogP) is 2.62. The average Bonchev–Trinajstić information content (AvgIpc) is 2.73. The quantitative estimate of drug-likeness (QED) is 0.849. The summed E-state index contributed by atoms with van der Waals surface area (Å²) in [5.41, 5.74) is 5.54. The lowest BCUT2D eigenvalue weighted by Crippen LogP contribution is -2.54. The molecule has 1 saturated heterocycles. The van der Waals surface area contributed by atoms with Crippen molar-refractivity contribution in [2.75, 3.05) is 32.7 Å². The molecular weight excluding hydrogens is 274 g/mol. The lowest BCUT2D eigenvalue weighted by Gasteiger charge is -2.31. The van der Waals surface area contributed by atoms with Crippen LogP contribution < -0.4 is 5.73 Å². The molecule has 0 radical (unpaired) electrons. The van der Waals surface area contributed by atoms with Crippen molar-refractivity contribution in [3.05, 3.63) is 0 Å². The lowest BCUT2D eigenvalue weighted by atomic mass is 9.89. The maximum Gasteiger partial charge on any atom is 0.242 e. The van der Waals surface area contributed by atoms with E-state index in [0.717, 1.165) is 51.4 Å². The van der Waals surface area contributed by atoms with Crippen LogP contribution in [-0.2, 0) is 4.79 Å². The smallest absolute Gasteiger partial charge is 0.242 e. The number of amides is 1. The van der Waals surface area contributed by atoms with Crippen molar-refractivity contribution in [3.8, 4) is 0 Å². The molecule has 1 saturated carbocycles. The van der Waals surface area contributed by atoms with Crippen LogP contribution >= 0.6 is 0 Å². The van der Waals surface area contributed by atoms with E-state index in [2.05, 4.69) is 11.8 Å². The van der Waals surface area contributed by atoms with E-state index in [9.17, 15) is 4.79 Å². The molecule has 2 fully saturated rings. The SMILES string of the molecule is CCCC(C)(N)C(=O)N1CCCN(CC2CCCCC2)CC1. The van der Waals surface area contributed by atoms with Crippen LogP contribution in [0.1, 0.15) is 65.2 Å². The normalized spacial score (nSPS) is 24.8. The van der Waals surface area contributed by atoms with Gasteiger partial charge in [-0.25, -0.2) is 0 Å². The minimum absolute atomic E-state index is 0.147. The third-order valence-electron chi connectivity index (χ3n) is 5.37. The minimum atomic E-state index is -0.687. The molecule has 1 aliphatic heterocycles. The van der Waals surface area contributed by atoms with Gasteiger partial charge in [-0.2, -0.15) is 0 Å². The van der Waals surface area contributed by atoms with Crippen LogP contribution in [0.5, 0.6) is 0 Å². The Balaban J connectivity index is 1.82. The first kappa shape index (κ1) is 17.7. The van der Waals surface area contributed by atoms with E-state index >= 15 is 0 Å². The zero-order valence-corrected chi connectivity index (χ0v) is 14.6. The van der Waals surface area contributed by atoms with Gasteiger partial charge in [0.25, 0.3) is 0 Å². The molecule has 2 rings (SSSR count). The Labute approximate surface area is 136 Å². The summed E-state index contributed by atoms with van der Waals surface area (Å²) in [5, 5.41) is 0. The molecule has 0 aromatic carbocycles. The van der Waals surface area contributed by atoms with Crippen molar-refractivity contribution >= 4 is 5.91 Å². The highest BCUT2D eigenvalue weighted by atomic mass is 16.2. The monoisotopic (exact) mass is 309 g/mol. The summed E-state index contributed by atoms with van der Waals surface area (Å²) in [5.74, 6) is 1.03. The van der Waals surface area contributed by atoms with E-state index in [4.69, 9.17) is 5.73 Å². The van der Waals surface area contributed by atoms with Gasteiger partial charge in [0.1, 0.15) is 0 Å². The van der Waals surface area contributed by atoms with Crippen molar-refractivity contribution in [2.24, 2.45) is 11.7 Å². The highest BCUT2D eigenvalue weighted by Gasteiger charge is 2.32. The Kier molecular flexibility index (Phi) is 6.69. The van der Waals surface area contributed by atoms with Gasteiger partial charge < -0.3 is 15.5 Å². The minimum Gasteiger partial charge on any atom is -0.340 e. The van der Waals surface area contributed by atoms with Crippen LogP contribution in [0.25, 0.3) is 0 Å². The van der Waals surface area contributed by atoms with Crippen LogP contribution in [0.15, 0.2) is 0 Å². The molecule has 1 atom stereocenters. The molecule has 0 aromatic rings. The molecule has 1 unspecified atom stereocenters. The van der Waals surface area contributed by atoms with Crippen molar-refractivity contribution in [2.45, 2.75) is 70.8 Å². The van der Waals surface area contributed by atoms with Crippen LogP contribution in [0, 0.1) is 5.92 Å². The Bertz CT molecular complexity index is 350. The van der Waals surface area contributed by atoms with Gasteiger partial charge in [-0.15, -0.1) is 0 Å². The summed E-state index contributed by atoms with van der Waals surface area (Å²) >= 11 is 0. The van der Waals surface area contributed by atoms with Crippen LogP contribution in [0.4, 0.5) is 0 Å². The molecule has 1 aliphatic carbocycles. The van der Waals surface area contributed by atoms with Gasteiger partial charge in [-0.3, -0.25) is 4.79 Å². The summed E-state index contributed by atoms with van der Waals surface area (Å²) in [6, 6.07) is 0. The summed E-state index contributed by atoms with van der Waals surface area (Å²) in [6.07, 6.45) is 9.85.